The van der Waals surface area contributed by atoms with Crippen LogP contribution in [0.1, 0.15) is 0 Å². The van der Waals surface area contributed by atoms with Gasteiger partial charge in [0.15, 0.2) is 11.5 Å². The van der Waals surface area contributed by atoms with Gasteiger partial charge in [-0.15, -0.1) is 26.3 Å². The van der Waals surface area contributed by atoms with Crippen LogP contribution in [-0.2, 0) is 20.0 Å². The molecule has 18 heteroatoms. The number of hydrogen-bond donors (Lipinski definition) is 2. The summed E-state index contributed by atoms with van der Waals surface area (Å²) < 4.78 is 142. The average molecular weight is 764 g/mol. The van der Waals surface area contributed by atoms with E-state index in [9.17, 15) is 43.2 Å². The van der Waals surface area contributed by atoms with Gasteiger partial charge >= 0.3 is 12.7 Å². The van der Waals surface area contributed by atoms with Crippen LogP contribution in [0.5, 0.6) is 11.5 Å². The normalized spacial score (nSPS) is 12.7. The predicted molar refractivity (Wildman–Crippen MR) is 147 cm³/mol. The second-order valence-corrected chi connectivity index (χ2v) is 13.3. The van der Waals surface area contributed by atoms with Crippen molar-refractivity contribution in [1.29, 1.82) is 0 Å². The van der Waals surface area contributed by atoms with E-state index in [1.165, 1.54) is 36.4 Å². The summed E-state index contributed by atoms with van der Waals surface area (Å²) in [4.78, 5) is -1.69. The number of fused-ring (bicyclic) bond motifs is 1. The second-order valence-electron chi connectivity index (χ2n) is 8.19. The van der Waals surface area contributed by atoms with Crippen LogP contribution in [0.2, 0.25) is 0 Å². The lowest BCUT2D eigenvalue weighted by Gasteiger charge is -2.18. The van der Waals surface area contributed by atoms with Crippen LogP contribution in [0.15, 0.2) is 91.5 Å². The first-order valence-corrected chi connectivity index (χ1v) is 15.6. The lowest BCUT2D eigenvalue weighted by atomic mass is 10.1. The van der Waals surface area contributed by atoms with E-state index in [1.54, 1.807) is 0 Å². The van der Waals surface area contributed by atoms with Crippen molar-refractivity contribution < 1.29 is 52.7 Å². The third-order valence-corrected chi connectivity index (χ3v) is 9.05. The molecule has 224 valence electrons. The van der Waals surface area contributed by atoms with Crippen molar-refractivity contribution >= 4 is 74.1 Å². The Labute approximate surface area is 251 Å². The zero-order chi connectivity index (χ0) is 31.1. The van der Waals surface area contributed by atoms with Gasteiger partial charge in [0.25, 0.3) is 20.0 Å². The predicted octanol–water partition coefficient (Wildman–Crippen LogP) is 7.76. The summed E-state index contributed by atoms with van der Waals surface area (Å²) in [5.74, 6) is -2.02. The first-order valence-electron chi connectivity index (χ1n) is 11.0. The molecule has 4 aromatic rings. The van der Waals surface area contributed by atoms with E-state index < -0.39 is 54.1 Å². The number of alkyl halides is 6. The molecule has 0 amide bonds. The first kappa shape index (κ1) is 31.7. The Bertz CT molecular complexity index is 1750. The molecule has 0 fully saturated rings. The summed E-state index contributed by atoms with van der Waals surface area (Å²) in [6.07, 6.45) is -10.4. The number of sulfonamides is 2. The number of halogens is 8. The number of rotatable bonds is 8. The summed E-state index contributed by atoms with van der Waals surface area (Å²) in [6.45, 7) is 0. The van der Waals surface area contributed by atoms with Crippen molar-refractivity contribution in [2.75, 3.05) is 9.44 Å². The quantitative estimate of drug-likeness (QED) is 0.178. The fraction of sp³-hybridized carbons (Fsp3) is 0.0833. The Balaban J connectivity index is 1.74. The molecule has 42 heavy (non-hydrogen) atoms. The molecule has 0 bridgehead atoms. The van der Waals surface area contributed by atoms with Crippen LogP contribution < -0.4 is 18.9 Å². The van der Waals surface area contributed by atoms with Crippen molar-refractivity contribution in [2.45, 2.75) is 22.5 Å². The molecular formula is C24H14Br2F6N2O6S2. The van der Waals surface area contributed by atoms with Crippen LogP contribution in [-0.4, -0.2) is 29.6 Å². The molecule has 0 atom stereocenters. The molecule has 0 radical (unpaired) electrons. The lowest BCUT2D eigenvalue weighted by molar-refractivity contribution is -0.276. The van der Waals surface area contributed by atoms with E-state index in [0.717, 1.165) is 36.4 Å². The van der Waals surface area contributed by atoms with Crippen molar-refractivity contribution in [3.63, 3.8) is 0 Å². The molecule has 0 aliphatic carbocycles. The number of hydrogen-bond acceptors (Lipinski definition) is 6. The van der Waals surface area contributed by atoms with Crippen molar-refractivity contribution in [2.24, 2.45) is 0 Å². The maximum absolute atomic E-state index is 13.1. The van der Waals surface area contributed by atoms with Gasteiger partial charge in [-0.25, -0.2) is 16.8 Å². The fourth-order valence-electron chi connectivity index (χ4n) is 3.69. The topological polar surface area (TPSA) is 111 Å². The van der Waals surface area contributed by atoms with Gasteiger partial charge in [-0.05, 0) is 48.5 Å². The Morgan fingerprint density at radius 3 is 1.26 bits per heavy atom. The van der Waals surface area contributed by atoms with E-state index in [2.05, 4.69) is 50.8 Å². The van der Waals surface area contributed by atoms with Crippen LogP contribution in [0, 0.1) is 0 Å². The van der Waals surface area contributed by atoms with E-state index in [1.807, 2.05) is 0 Å². The highest BCUT2D eigenvalue weighted by Crippen LogP contribution is 2.38. The standard InChI is InChI=1S/C24H14Br2F6N2O6S2/c25-13-5-9-21(19(11-13)39-23(27,28)29)41(35,36)33-17-7-8-18(16-4-2-1-3-15(16)17)34-42(37,38)22-10-6-14(26)12-20(22)40-24(30,31)32/h1-12,33-34H. The van der Waals surface area contributed by atoms with Gasteiger partial charge in [0.1, 0.15) is 9.79 Å². The molecule has 0 spiro atoms. The third kappa shape index (κ3) is 7.59. The molecule has 0 heterocycles. The van der Waals surface area contributed by atoms with Crippen LogP contribution >= 0.6 is 31.9 Å². The maximum Gasteiger partial charge on any atom is 0.573 e. The zero-order valence-corrected chi connectivity index (χ0v) is 25.0. The molecule has 0 saturated heterocycles. The summed E-state index contributed by atoms with van der Waals surface area (Å²) in [5.41, 5.74) is -0.307. The van der Waals surface area contributed by atoms with Crippen LogP contribution in [0.4, 0.5) is 37.7 Å². The highest BCUT2D eigenvalue weighted by atomic mass is 79.9. The summed E-state index contributed by atoms with van der Waals surface area (Å²) in [5, 5.41) is 0.193. The van der Waals surface area contributed by atoms with E-state index in [4.69, 9.17) is 0 Å². The Morgan fingerprint density at radius 1 is 0.571 bits per heavy atom. The molecule has 0 unspecified atom stereocenters. The second kappa shape index (κ2) is 11.5. The fourth-order valence-corrected chi connectivity index (χ4v) is 6.75. The monoisotopic (exact) mass is 762 g/mol. The molecule has 4 rings (SSSR count). The minimum Gasteiger partial charge on any atom is -0.404 e. The van der Waals surface area contributed by atoms with Gasteiger partial charge in [-0.1, -0.05) is 56.1 Å². The molecule has 0 aliphatic heterocycles. The Hall–Kier alpha value is -3.22. The molecule has 2 N–H and O–H groups in total. The van der Waals surface area contributed by atoms with E-state index >= 15 is 0 Å². The molecule has 4 aromatic carbocycles. The molecule has 8 nitrogen and oxygen atoms in total. The average Bonchev–Trinajstić information content (AvgIpc) is 2.83. The number of benzene rings is 4. The van der Waals surface area contributed by atoms with Gasteiger partial charge in [-0.2, -0.15) is 0 Å². The molecular weight excluding hydrogens is 750 g/mol. The zero-order valence-electron chi connectivity index (χ0n) is 20.2. The largest absolute Gasteiger partial charge is 0.573 e. The van der Waals surface area contributed by atoms with Gasteiger partial charge in [0, 0.05) is 19.7 Å². The van der Waals surface area contributed by atoms with Gasteiger partial charge in [0.05, 0.1) is 11.4 Å². The summed E-state index contributed by atoms with van der Waals surface area (Å²) >= 11 is 5.91. The highest BCUT2D eigenvalue weighted by molar-refractivity contribution is 9.10. The van der Waals surface area contributed by atoms with Gasteiger partial charge in [0.2, 0.25) is 0 Å². The van der Waals surface area contributed by atoms with Crippen molar-refractivity contribution in [3.8, 4) is 11.5 Å². The van der Waals surface area contributed by atoms with Crippen molar-refractivity contribution in [1.82, 2.24) is 0 Å². The smallest absolute Gasteiger partial charge is 0.404 e. The first-order chi connectivity index (χ1) is 19.3. The number of nitrogens with one attached hydrogen (secondary N) is 2. The van der Waals surface area contributed by atoms with Crippen LogP contribution in [0.25, 0.3) is 10.8 Å². The Morgan fingerprint density at radius 2 is 0.929 bits per heavy atom. The van der Waals surface area contributed by atoms with Crippen LogP contribution in [0.3, 0.4) is 0 Å². The molecule has 0 saturated carbocycles. The SMILES string of the molecule is O=S(=O)(Nc1ccc(NS(=O)(=O)c2ccc(Br)cc2OC(F)(F)F)c2ccccc12)c1ccc(Br)cc1OC(F)(F)F. The van der Waals surface area contributed by atoms with E-state index in [-0.39, 0.29) is 31.1 Å². The summed E-state index contributed by atoms with van der Waals surface area (Å²) in [7, 11) is -9.41. The maximum atomic E-state index is 13.1. The summed E-state index contributed by atoms with van der Waals surface area (Å²) in [6, 6.07) is 13.7. The van der Waals surface area contributed by atoms with Gasteiger partial charge < -0.3 is 9.47 Å². The minimum absolute atomic E-state index is 0.0965. The number of ether oxygens (including phenoxy) is 2. The Kier molecular flexibility index (Phi) is 8.65. The van der Waals surface area contributed by atoms with Crippen molar-refractivity contribution in [3.05, 3.63) is 81.7 Å². The molecule has 0 aliphatic rings. The van der Waals surface area contributed by atoms with Gasteiger partial charge in [-0.3, -0.25) is 9.44 Å². The minimum atomic E-state index is -5.20. The van der Waals surface area contributed by atoms with E-state index in [0.29, 0.717) is 0 Å². The third-order valence-electron chi connectivity index (χ3n) is 5.25. The number of anilines is 2. The lowest BCUT2D eigenvalue weighted by Crippen LogP contribution is -2.21. The highest BCUT2D eigenvalue weighted by Gasteiger charge is 2.35. The molecule has 0 aromatic heterocycles.